The molecule has 3 nitrogen and oxygen atoms in total. The number of halogens is 1. The minimum absolute atomic E-state index is 0.189. The zero-order valence-electron chi connectivity index (χ0n) is 11.0. The predicted molar refractivity (Wildman–Crippen MR) is 76.5 cm³/mol. The Hall–Kier alpha value is -2.62. The van der Waals surface area contributed by atoms with E-state index in [9.17, 15) is 9.18 Å². The lowest BCUT2D eigenvalue weighted by molar-refractivity contribution is 0.104. The highest BCUT2D eigenvalue weighted by molar-refractivity contribution is 6.04. The van der Waals surface area contributed by atoms with E-state index in [0.29, 0.717) is 5.56 Å². The summed E-state index contributed by atoms with van der Waals surface area (Å²) in [6, 6.07) is 12.7. The number of methoxy groups -OCH3 is 1. The Morgan fingerprint density at radius 2 is 1.75 bits per heavy atom. The SMILES string of the molecule is COc1ccc(N/C=C/C(=O)c2ccc(F)cc2)cc1. The summed E-state index contributed by atoms with van der Waals surface area (Å²) in [4.78, 5) is 11.8. The van der Waals surface area contributed by atoms with Gasteiger partial charge >= 0.3 is 0 Å². The van der Waals surface area contributed by atoms with Crippen LogP contribution in [0.1, 0.15) is 10.4 Å². The topological polar surface area (TPSA) is 38.3 Å². The van der Waals surface area contributed by atoms with Crippen molar-refractivity contribution < 1.29 is 13.9 Å². The van der Waals surface area contributed by atoms with Crippen LogP contribution in [0.4, 0.5) is 10.1 Å². The molecule has 0 bridgehead atoms. The molecule has 0 atom stereocenters. The van der Waals surface area contributed by atoms with Crippen LogP contribution in [0.5, 0.6) is 5.75 Å². The smallest absolute Gasteiger partial charge is 0.187 e. The third-order valence-corrected chi connectivity index (χ3v) is 2.70. The highest BCUT2D eigenvalue weighted by Crippen LogP contribution is 2.14. The van der Waals surface area contributed by atoms with E-state index in [-0.39, 0.29) is 11.6 Å². The van der Waals surface area contributed by atoms with E-state index in [1.165, 1.54) is 30.3 Å². The number of hydrogen-bond acceptors (Lipinski definition) is 3. The first-order valence-electron chi connectivity index (χ1n) is 6.06. The van der Waals surface area contributed by atoms with Gasteiger partial charge in [0.15, 0.2) is 5.78 Å². The van der Waals surface area contributed by atoms with Gasteiger partial charge in [-0.3, -0.25) is 4.79 Å². The van der Waals surface area contributed by atoms with Gasteiger partial charge in [-0.2, -0.15) is 0 Å². The van der Waals surface area contributed by atoms with Crippen molar-refractivity contribution in [3.05, 3.63) is 72.2 Å². The second-order valence-corrected chi connectivity index (χ2v) is 4.08. The number of hydrogen-bond donors (Lipinski definition) is 1. The molecule has 1 N–H and O–H groups in total. The molecule has 0 heterocycles. The number of carbonyl (C=O) groups is 1. The van der Waals surface area contributed by atoms with E-state index >= 15 is 0 Å². The first kappa shape index (κ1) is 13.8. The molecule has 0 unspecified atom stereocenters. The van der Waals surface area contributed by atoms with Crippen LogP contribution in [0.25, 0.3) is 0 Å². The Morgan fingerprint density at radius 3 is 2.35 bits per heavy atom. The molecule has 0 aliphatic heterocycles. The molecule has 0 saturated heterocycles. The molecule has 0 radical (unpaired) electrons. The van der Waals surface area contributed by atoms with Crippen LogP contribution in [0.2, 0.25) is 0 Å². The second kappa shape index (κ2) is 6.52. The molecule has 0 saturated carbocycles. The Bertz CT molecular complexity index is 603. The van der Waals surface area contributed by atoms with Crippen LogP contribution in [0.3, 0.4) is 0 Å². The molecule has 0 aliphatic carbocycles. The van der Waals surface area contributed by atoms with Crippen molar-refractivity contribution in [2.24, 2.45) is 0 Å². The fourth-order valence-electron chi connectivity index (χ4n) is 1.61. The molecule has 2 aromatic rings. The predicted octanol–water partition coefficient (Wildman–Crippen LogP) is 3.64. The van der Waals surface area contributed by atoms with E-state index in [2.05, 4.69) is 5.32 Å². The number of nitrogens with one attached hydrogen (secondary N) is 1. The fraction of sp³-hybridized carbons (Fsp3) is 0.0625. The number of ether oxygens (including phenoxy) is 1. The number of carbonyl (C=O) groups excluding carboxylic acids is 1. The van der Waals surface area contributed by atoms with Gasteiger partial charge in [0.2, 0.25) is 0 Å². The quantitative estimate of drug-likeness (QED) is 0.666. The zero-order chi connectivity index (χ0) is 14.4. The van der Waals surface area contributed by atoms with Crippen LogP contribution in [-0.4, -0.2) is 12.9 Å². The van der Waals surface area contributed by atoms with Crippen LogP contribution >= 0.6 is 0 Å². The summed E-state index contributed by atoms with van der Waals surface area (Å²) in [7, 11) is 1.60. The summed E-state index contributed by atoms with van der Waals surface area (Å²) in [5.41, 5.74) is 1.29. The lowest BCUT2D eigenvalue weighted by Gasteiger charge is -2.02. The Kier molecular flexibility index (Phi) is 4.50. The summed E-state index contributed by atoms with van der Waals surface area (Å²) in [6.45, 7) is 0. The van der Waals surface area contributed by atoms with Gasteiger partial charge < -0.3 is 10.1 Å². The average molecular weight is 271 g/mol. The van der Waals surface area contributed by atoms with Crippen molar-refractivity contribution in [3.63, 3.8) is 0 Å². The number of rotatable bonds is 5. The fourth-order valence-corrected chi connectivity index (χ4v) is 1.61. The van der Waals surface area contributed by atoms with E-state index < -0.39 is 0 Å². The zero-order valence-corrected chi connectivity index (χ0v) is 11.0. The molecule has 0 aliphatic rings. The molecule has 0 fully saturated rings. The van der Waals surface area contributed by atoms with E-state index in [1.54, 1.807) is 13.3 Å². The highest BCUT2D eigenvalue weighted by Gasteiger charge is 2.01. The van der Waals surface area contributed by atoms with Gasteiger partial charge in [0.25, 0.3) is 0 Å². The lowest BCUT2D eigenvalue weighted by atomic mass is 10.1. The molecule has 2 rings (SSSR count). The molecular weight excluding hydrogens is 257 g/mol. The average Bonchev–Trinajstić information content (AvgIpc) is 2.48. The van der Waals surface area contributed by atoms with E-state index in [1.807, 2.05) is 24.3 Å². The molecule has 4 heteroatoms. The Balaban J connectivity index is 1.95. The lowest BCUT2D eigenvalue weighted by Crippen LogP contribution is -1.96. The largest absolute Gasteiger partial charge is 0.497 e. The summed E-state index contributed by atoms with van der Waals surface area (Å²) >= 11 is 0. The molecule has 20 heavy (non-hydrogen) atoms. The van der Waals surface area contributed by atoms with Crippen LogP contribution < -0.4 is 10.1 Å². The van der Waals surface area contributed by atoms with E-state index in [4.69, 9.17) is 4.74 Å². The number of allylic oxidation sites excluding steroid dienone is 1. The molecule has 2 aromatic carbocycles. The summed E-state index contributed by atoms with van der Waals surface area (Å²) in [5.74, 6) is 0.217. The van der Waals surface area contributed by atoms with Gasteiger partial charge in [0.1, 0.15) is 11.6 Å². The number of benzene rings is 2. The third-order valence-electron chi connectivity index (χ3n) is 2.70. The van der Waals surface area contributed by atoms with Gasteiger partial charge in [-0.05, 0) is 48.5 Å². The summed E-state index contributed by atoms with van der Waals surface area (Å²) in [5, 5.41) is 2.98. The second-order valence-electron chi connectivity index (χ2n) is 4.08. The number of anilines is 1. The molecule has 0 spiro atoms. The molecule has 0 amide bonds. The molecular formula is C16H14FNO2. The maximum atomic E-state index is 12.7. The van der Waals surface area contributed by atoms with Gasteiger partial charge in [-0.25, -0.2) is 4.39 Å². The van der Waals surface area contributed by atoms with Crippen molar-refractivity contribution >= 4 is 11.5 Å². The maximum absolute atomic E-state index is 12.7. The third kappa shape index (κ3) is 3.68. The first-order chi connectivity index (χ1) is 9.69. The van der Waals surface area contributed by atoms with Crippen LogP contribution in [0, 0.1) is 5.82 Å². The first-order valence-corrected chi connectivity index (χ1v) is 6.06. The van der Waals surface area contributed by atoms with Crippen molar-refractivity contribution in [2.45, 2.75) is 0 Å². The van der Waals surface area contributed by atoms with Gasteiger partial charge in [-0.15, -0.1) is 0 Å². The maximum Gasteiger partial charge on any atom is 0.187 e. The molecule has 102 valence electrons. The monoisotopic (exact) mass is 271 g/mol. The summed E-state index contributed by atoms with van der Waals surface area (Å²) < 4.78 is 17.8. The van der Waals surface area contributed by atoms with Gasteiger partial charge in [0.05, 0.1) is 7.11 Å². The van der Waals surface area contributed by atoms with Crippen LogP contribution in [0.15, 0.2) is 60.8 Å². The van der Waals surface area contributed by atoms with Gasteiger partial charge in [-0.1, -0.05) is 0 Å². The van der Waals surface area contributed by atoms with Crippen molar-refractivity contribution in [1.82, 2.24) is 0 Å². The van der Waals surface area contributed by atoms with Crippen molar-refractivity contribution in [3.8, 4) is 5.75 Å². The highest BCUT2D eigenvalue weighted by atomic mass is 19.1. The minimum atomic E-state index is -0.359. The Labute approximate surface area is 116 Å². The molecule has 0 aromatic heterocycles. The minimum Gasteiger partial charge on any atom is -0.497 e. The summed E-state index contributed by atoms with van der Waals surface area (Å²) in [6.07, 6.45) is 2.95. The van der Waals surface area contributed by atoms with Gasteiger partial charge in [0, 0.05) is 23.5 Å². The standard InChI is InChI=1S/C16H14FNO2/c1-20-15-8-6-14(7-9-15)18-11-10-16(19)12-2-4-13(17)5-3-12/h2-11,18H,1H3/b11-10+. The van der Waals surface area contributed by atoms with E-state index in [0.717, 1.165) is 11.4 Å². The number of ketones is 1. The van der Waals surface area contributed by atoms with Crippen molar-refractivity contribution in [2.75, 3.05) is 12.4 Å². The normalized spacial score (nSPS) is 10.5. The van der Waals surface area contributed by atoms with Crippen molar-refractivity contribution in [1.29, 1.82) is 0 Å². The van der Waals surface area contributed by atoms with Crippen LogP contribution in [-0.2, 0) is 0 Å². The Morgan fingerprint density at radius 1 is 1.10 bits per heavy atom.